The molecule has 4 nitrogen and oxygen atoms in total. The Morgan fingerprint density at radius 3 is 2.65 bits per heavy atom. The highest BCUT2D eigenvalue weighted by Gasteiger charge is 2.33. The zero-order valence-corrected chi connectivity index (χ0v) is 15.8. The number of ether oxygens (including phenoxy) is 1. The predicted octanol–water partition coefficient (Wildman–Crippen LogP) is 4.81. The van der Waals surface area contributed by atoms with Gasteiger partial charge in [0.1, 0.15) is 11.1 Å². The van der Waals surface area contributed by atoms with Crippen molar-refractivity contribution in [2.45, 2.75) is 64.0 Å². The molecule has 1 aliphatic carbocycles. The molecule has 1 heterocycles. The molecule has 0 radical (unpaired) electrons. The third-order valence-corrected chi connectivity index (χ3v) is 4.48. The fourth-order valence-corrected chi connectivity index (χ4v) is 3.27. The quantitative estimate of drug-likeness (QED) is 0.751. The first kappa shape index (κ1) is 18.3. The molecule has 0 unspecified atom stereocenters. The molecule has 1 aromatic heterocycles. The van der Waals surface area contributed by atoms with Crippen LogP contribution in [-0.2, 0) is 4.74 Å². The maximum Gasteiger partial charge on any atom is 0.408 e. The minimum absolute atomic E-state index is 0.398. The summed E-state index contributed by atoms with van der Waals surface area (Å²) < 4.78 is 5.45. The number of fused-ring (bicyclic) bond motifs is 1. The molecular formula is C22H26N2O2. The topological polar surface area (TPSA) is 51.2 Å². The van der Waals surface area contributed by atoms with Crippen LogP contribution in [-0.4, -0.2) is 22.2 Å². The second kappa shape index (κ2) is 7.37. The van der Waals surface area contributed by atoms with Gasteiger partial charge in [-0.25, -0.2) is 4.79 Å². The summed E-state index contributed by atoms with van der Waals surface area (Å²) in [5.74, 6) is 6.56. The smallest absolute Gasteiger partial charge is 0.408 e. The molecule has 0 bridgehead atoms. The van der Waals surface area contributed by atoms with Gasteiger partial charge in [0.2, 0.25) is 0 Å². The van der Waals surface area contributed by atoms with Crippen LogP contribution in [0.2, 0.25) is 0 Å². The number of amides is 1. The molecule has 1 N–H and O–H groups in total. The number of benzene rings is 1. The molecule has 0 spiro atoms. The molecule has 0 aliphatic heterocycles. The lowest BCUT2D eigenvalue weighted by Crippen LogP contribution is -2.50. The predicted molar refractivity (Wildman–Crippen MR) is 104 cm³/mol. The number of carbonyl (C=O) groups is 1. The number of nitrogens with zero attached hydrogens (tertiary/aromatic N) is 1. The van der Waals surface area contributed by atoms with Gasteiger partial charge in [-0.2, -0.15) is 0 Å². The van der Waals surface area contributed by atoms with E-state index in [2.05, 4.69) is 22.1 Å². The Kier molecular flexibility index (Phi) is 5.18. The molecule has 3 rings (SSSR count). The van der Waals surface area contributed by atoms with Crippen molar-refractivity contribution < 1.29 is 9.53 Å². The minimum atomic E-state index is -0.522. The summed E-state index contributed by atoms with van der Waals surface area (Å²) in [6, 6.07) is 10.0. The third-order valence-electron chi connectivity index (χ3n) is 4.48. The highest BCUT2D eigenvalue weighted by atomic mass is 16.6. The Labute approximate surface area is 155 Å². The minimum Gasteiger partial charge on any atom is -0.444 e. The Morgan fingerprint density at radius 2 is 1.92 bits per heavy atom. The summed E-state index contributed by atoms with van der Waals surface area (Å²) in [6.07, 6.45) is 6.38. The summed E-state index contributed by atoms with van der Waals surface area (Å²) >= 11 is 0. The third kappa shape index (κ3) is 4.76. The van der Waals surface area contributed by atoms with Gasteiger partial charge in [0.05, 0.1) is 5.52 Å². The number of hydrogen-bond donors (Lipinski definition) is 1. The first-order chi connectivity index (χ1) is 12.4. The van der Waals surface area contributed by atoms with Gasteiger partial charge in [0.15, 0.2) is 0 Å². The largest absolute Gasteiger partial charge is 0.444 e. The fraction of sp³-hybridized carbons (Fsp3) is 0.455. The fourth-order valence-electron chi connectivity index (χ4n) is 3.27. The Morgan fingerprint density at radius 1 is 1.19 bits per heavy atom. The molecule has 0 saturated heterocycles. The van der Waals surface area contributed by atoms with Crippen molar-refractivity contribution >= 4 is 17.0 Å². The van der Waals surface area contributed by atoms with Crippen LogP contribution >= 0.6 is 0 Å². The van der Waals surface area contributed by atoms with E-state index in [4.69, 9.17) is 4.74 Å². The summed E-state index contributed by atoms with van der Waals surface area (Å²) in [5, 5.41) is 4.11. The van der Waals surface area contributed by atoms with Crippen LogP contribution in [0.3, 0.4) is 0 Å². The number of carbonyl (C=O) groups excluding carboxylic acids is 1. The maximum atomic E-state index is 12.3. The van der Waals surface area contributed by atoms with Gasteiger partial charge in [0.25, 0.3) is 0 Å². The molecule has 2 aromatic rings. The van der Waals surface area contributed by atoms with E-state index in [0.29, 0.717) is 0 Å². The lowest BCUT2D eigenvalue weighted by molar-refractivity contribution is 0.0463. The number of alkyl carbamates (subject to hydrolysis) is 1. The maximum absolute atomic E-state index is 12.3. The average molecular weight is 350 g/mol. The van der Waals surface area contributed by atoms with Gasteiger partial charge in [-0.1, -0.05) is 49.3 Å². The summed E-state index contributed by atoms with van der Waals surface area (Å²) in [6.45, 7) is 5.60. The number of pyridine rings is 1. The van der Waals surface area contributed by atoms with E-state index in [-0.39, 0.29) is 0 Å². The molecule has 1 amide bonds. The summed E-state index contributed by atoms with van der Waals surface area (Å²) in [5.41, 5.74) is 0.777. The number of para-hydroxylation sites is 1. The highest BCUT2D eigenvalue weighted by Crippen LogP contribution is 2.28. The standard InChI is InChI=1S/C22H26N2O2/c1-21(2,3)26-20(25)24-22(12-7-4-8-13-22)14-11-17-15-18-9-5-6-10-19(18)23-16-17/h5-6,9-10,15-16H,4,7-8,12-13H2,1-3H3,(H,24,25). The van der Waals surface area contributed by atoms with Gasteiger partial charge in [0, 0.05) is 17.1 Å². The van der Waals surface area contributed by atoms with Crippen molar-refractivity contribution in [1.82, 2.24) is 10.3 Å². The molecule has 0 atom stereocenters. The van der Waals surface area contributed by atoms with Gasteiger partial charge in [-0.15, -0.1) is 0 Å². The number of rotatable bonds is 1. The van der Waals surface area contributed by atoms with Crippen LogP contribution in [0.15, 0.2) is 36.5 Å². The molecule has 1 aliphatic rings. The van der Waals surface area contributed by atoms with Gasteiger partial charge >= 0.3 is 6.09 Å². The molecule has 1 saturated carbocycles. The Balaban J connectivity index is 1.84. The zero-order valence-electron chi connectivity index (χ0n) is 15.8. The van der Waals surface area contributed by atoms with Crippen LogP contribution < -0.4 is 5.32 Å². The summed E-state index contributed by atoms with van der Waals surface area (Å²) in [7, 11) is 0. The van der Waals surface area contributed by atoms with Crippen molar-refractivity contribution in [2.24, 2.45) is 0 Å². The summed E-state index contributed by atoms with van der Waals surface area (Å²) in [4.78, 5) is 16.8. The number of aromatic nitrogens is 1. The normalized spacial score (nSPS) is 16.4. The molecular weight excluding hydrogens is 324 g/mol. The van der Waals surface area contributed by atoms with Gasteiger partial charge in [-0.3, -0.25) is 4.98 Å². The Hall–Kier alpha value is -2.54. The van der Waals surface area contributed by atoms with Crippen LogP contribution in [0.1, 0.15) is 58.4 Å². The van der Waals surface area contributed by atoms with E-state index in [1.165, 1.54) is 6.42 Å². The second-order valence-corrected chi connectivity index (χ2v) is 7.94. The van der Waals surface area contributed by atoms with Crippen molar-refractivity contribution in [1.29, 1.82) is 0 Å². The van der Waals surface area contributed by atoms with Crippen LogP contribution in [0.5, 0.6) is 0 Å². The monoisotopic (exact) mass is 350 g/mol. The van der Waals surface area contributed by atoms with E-state index in [0.717, 1.165) is 42.1 Å². The molecule has 1 aromatic carbocycles. The SMILES string of the molecule is CC(C)(C)OC(=O)NC1(C#Cc2cnc3ccccc3c2)CCCCC1. The molecule has 136 valence electrons. The van der Waals surface area contributed by atoms with E-state index in [1.807, 2.05) is 51.1 Å². The van der Waals surface area contributed by atoms with Crippen molar-refractivity contribution in [2.75, 3.05) is 0 Å². The molecule has 1 fully saturated rings. The number of nitrogens with one attached hydrogen (secondary N) is 1. The molecule has 4 heteroatoms. The van der Waals surface area contributed by atoms with E-state index in [1.54, 1.807) is 6.20 Å². The van der Waals surface area contributed by atoms with Crippen molar-refractivity contribution in [3.8, 4) is 11.8 Å². The number of hydrogen-bond acceptors (Lipinski definition) is 3. The first-order valence-corrected chi connectivity index (χ1v) is 9.24. The lowest BCUT2D eigenvalue weighted by Gasteiger charge is -2.34. The highest BCUT2D eigenvalue weighted by molar-refractivity contribution is 5.79. The van der Waals surface area contributed by atoms with Crippen molar-refractivity contribution in [3.63, 3.8) is 0 Å². The average Bonchev–Trinajstić information content (AvgIpc) is 2.59. The molecule has 26 heavy (non-hydrogen) atoms. The van der Waals surface area contributed by atoms with Crippen LogP contribution in [0, 0.1) is 11.8 Å². The van der Waals surface area contributed by atoms with E-state index in [9.17, 15) is 4.79 Å². The van der Waals surface area contributed by atoms with Gasteiger partial charge in [-0.05, 0) is 45.7 Å². The second-order valence-electron chi connectivity index (χ2n) is 7.94. The van der Waals surface area contributed by atoms with Gasteiger partial charge < -0.3 is 10.1 Å². The van der Waals surface area contributed by atoms with Crippen LogP contribution in [0.4, 0.5) is 4.79 Å². The van der Waals surface area contributed by atoms with Crippen molar-refractivity contribution in [3.05, 3.63) is 42.1 Å². The first-order valence-electron chi connectivity index (χ1n) is 9.24. The lowest BCUT2D eigenvalue weighted by atomic mass is 9.82. The zero-order chi connectivity index (χ0) is 18.6. The van der Waals surface area contributed by atoms with Crippen LogP contribution in [0.25, 0.3) is 10.9 Å². The van der Waals surface area contributed by atoms with E-state index >= 15 is 0 Å². The van der Waals surface area contributed by atoms with E-state index < -0.39 is 17.2 Å². The Bertz CT molecular complexity index is 850.